The Morgan fingerprint density at radius 3 is 2.00 bits per heavy atom. The van der Waals surface area contributed by atoms with Gasteiger partial charge >= 0.3 is 12.4 Å². The summed E-state index contributed by atoms with van der Waals surface area (Å²) >= 11 is 0. The van der Waals surface area contributed by atoms with E-state index in [9.17, 15) is 36.2 Å². The van der Waals surface area contributed by atoms with Crippen LogP contribution in [0.1, 0.15) is 54.0 Å². The summed E-state index contributed by atoms with van der Waals surface area (Å²) in [7, 11) is 0. The Morgan fingerprint density at radius 2 is 1.51 bits per heavy atom. The van der Waals surface area contributed by atoms with Crippen LogP contribution in [0.25, 0.3) is 0 Å². The highest BCUT2D eigenvalue weighted by atomic mass is 19.4. The van der Waals surface area contributed by atoms with Crippen LogP contribution in [0.2, 0.25) is 0 Å². The number of alkyl halides is 6. The number of benzene rings is 2. The molecule has 2 heterocycles. The fourth-order valence-electron chi connectivity index (χ4n) is 5.08. The number of hydrazine groups is 1. The molecule has 2 aliphatic heterocycles. The number of halogens is 6. The molecule has 2 aromatic carbocycles. The smallest absolute Gasteiger partial charge is 0.393 e. The largest absolute Gasteiger partial charge is 0.416 e. The van der Waals surface area contributed by atoms with Gasteiger partial charge in [-0.15, -0.1) is 0 Å². The maximum Gasteiger partial charge on any atom is 0.416 e. The van der Waals surface area contributed by atoms with Crippen LogP contribution >= 0.6 is 0 Å². The Balaban J connectivity index is 1.58. The Bertz CT molecular complexity index is 1050. The number of rotatable bonds is 7. The molecule has 0 spiro atoms. The molecule has 5 nitrogen and oxygen atoms in total. The zero-order valence-electron chi connectivity index (χ0n) is 20.0. The third-order valence-corrected chi connectivity index (χ3v) is 7.18. The summed E-state index contributed by atoms with van der Waals surface area (Å²) < 4.78 is 86.0. The molecule has 2 saturated heterocycles. The topological polar surface area (TPSA) is 53.0 Å². The summed E-state index contributed by atoms with van der Waals surface area (Å²) in [6.45, 7) is 0.905. The minimum absolute atomic E-state index is 0.0262. The lowest BCUT2D eigenvalue weighted by atomic mass is 9.73. The summed E-state index contributed by atoms with van der Waals surface area (Å²) in [4.78, 5) is 12.2. The van der Waals surface area contributed by atoms with Crippen LogP contribution in [0.4, 0.5) is 26.3 Å². The zero-order chi connectivity index (χ0) is 26.8. The van der Waals surface area contributed by atoms with Crippen molar-refractivity contribution in [1.29, 1.82) is 0 Å². The van der Waals surface area contributed by atoms with E-state index in [2.05, 4.69) is 0 Å². The minimum atomic E-state index is -5.00. The average molecular weight is 531 g/mol. The summed E-state index contributed by atoms with van der Waals surface area (Å²) in [5.41, 5.74) is -2.99. The van der Waals surface area contributed by atoms with Gasteiger partial charge in [-0.2, -0.15) is 26.3 Å². The van der Waals surface area contributed by atoms with Crippen molar-refractivity contribution in [2.45, 2.75) is 49.6 Å². The first-order valence-corrected chi connectivity index (χ1v) is 12.1. The molecule has 11 heteroatoms. The van der Waals surface area contributed by atoms with Crippen molar-refractivity contribution in [3.63, 3.8) is 0 Å². The van der Waals surface area contributed by atoms with Crippen molar-refractivity contribution in [1.82, 2.24) is 10.0 Å². The van der Waals surface area contributed by atoms with Gasteiger partial charge in [0.15, 0.2) is 0 Å². The van der Waals surface area contributed by atoms with E-state index in [0.717, 1.165) is 12.0 Å². The Labute approximate surface area is 210 Å². The van der Waals surface area contributed by atoms with E-state index in [1.54, 1.807) is 5.01 Å². The number of carbonyl (C=O) groups is 1. The van der Waals surface area contributed by atoms with Crippen molar-refractivity contribution < 1.29 is 41.0 Å². The summed E-state index contributed by atoms with van der Waals surface area (Å²) in [6, 6.07) is 10.6. The number of hydrogen-bond acceptors (Lipinski definition) is 4. The van der Waals surface area contributed by atoms with Gasteiger partial charge in [0.2, 0.25) is 5.91 Å². The van der Waals surface area contributed by atoms with E-state index < -0.39 is 47.2 Å². The standard InChI is InChI=1S/C26H28F6N2O3/c27-25(28,29)20-13-18(14-21(15-20)26(30,31)32)22(16-35)37-17-24(19-5-2-1-3-6-19)8-11-33(12-9-24)34-10-4-7-23(34)36/h1-3,5-6,13-15,22,35H,4,7-12,16-17H2/t22-/m1/s1. The van der Waals surface area contributed by atoms with Crippen LogP contribution in [0.5, 0.6) is 0 Å². The lowest BCUT2D eigenvalue weighted by Crippen LogP contribution is -2.52. The fraction of sp³-hybridized carbons (Fsp3) is 0.500. The molecular weight excluding hydrogens is 502 g/mol. The number of aliphatic hydroxyl groups is 1. The Hall–Kier alpha value is -2.63. The molecule has 0 aromatic heterocycles. The molecule has 0 radical (unpaired) electrons. The molecule has 37 heavy (non-hydrogen) atoms. The molecule has 0 bridgehead atoms. The first-order chi connectivity index (χ1) is 17.4. The number of aliphatic hydroxyl groups excluding tert-OH is 1. The summed E-state index contributed by atoms with van der Waals surface area (Å²) in [5.74, 6) is 0.0637. The predicted molar refractivity (Wildman–Crippen MR) is 122 cm³/mol. The molecule has 4 rings (SSSR count). The number of carbonyl (C=O) groups excluding carboxylic acids is 1. The monoisotopic (exact) mass is 530 g/mol. The van der Waals surface area contributed by atoms with Crippen molar-refractivity contribution in [2.75, 3.05) is 32.8 Å². The van der Waals surface area contributed by atoms with Crippen molar-refractivity contribution in [3.8, 4) is 0 Å². The SMILES string of the molecule is O=C1CCCN1N1CCC(CO[C@H](CO)c2cc(C(F)(F)F)cc(C(F)(F)F)c2)(c2ccccc2)CC1. The number of ether oxygens (including phenoxy) is 1. The summed E-state index contributed by atoms with van der Waals surface area (Å²) in [5, 5.41) is 13.7. The second-order valence-corrected chi connectivity index (χ2v) is 9.54. The third kappa shape index (κ3) is 6.10. The predicted octanol–water partition coefficient (Wildman–Crippen LogP) is 5.35. The van der Waals surface area contributed by atoms with Gasteiger partial charge in [-0.05, 0) is 48.6 Å². The van der Waals surface area contributed by atoms with Crippen molar-refractivity contribution in [3.05, 3.63) is 70.8 Å². The molecule has 1 N–H and O–H groups in total. The van der Waals surface area contributed by atoms with Gasteiger partial charge in [0.25, 0.3) is 0 Å². The lowest BCUT2D eigenvalue weighted by Gasteiger charge is -2.45. The minimum Gasteiger partial charge on any atom is -0.393 e. The van der Waals surface area contributed by atoms with Gasteiger partial charge in [-0.25, -0.2) is 5.01 Å². The first kappa shape index (κ1) is 27.4. The van der Waals surface area contributed by atoms with Crippen molar-refractivity contribution in [2.24, 2.45) is 0 Å². The molecule has 1 amide bonds. The number of hydrogen-bond donors (Lipinski definition) is 1. The highest BCUT2D eigenvalue weighted by Crippen LogP contribution is 2.40. The van der Waals surface area contributed by atoms with E-state index in [0.29, 0.717) is 51.0 Å². The van der Waals surface area contributed by atoms with Crippen LogP contribution < -0.4 is 0 Å². The number of nitrogens with zero attached hydrogens (tertiary/aromatic N) is 2. The average Bonchev–Trinajstić information content (AvgIpc) is 3.30. The number of amides is 1. The van der Waals surface area contributed by atoms with E-state index in [-0.39, 0.29) is 18.6 Å². The second kappa shape index (κ2) is 10.6. The van der Waals surface area contributed by atoms with Gasteiger partial charge in [0.05, 0.1) is 24.3 Å². The quantitative estimate of drug-likeness (QED) is 0.491. The van der Waals surface area contributed by atoms with Gasteiger partial charge < -0.3 is 9.84 Å². The zero-order valence-corrected chi connectivity index (χ0v) is 20.0. The molecule has 2 aromatic rings. The second-order valence-electron chi connectivity index (χ2n) is 9.54. The molecule has 0 saturated carbocycles. The molecule has 0 aliphatic carbocycles. The van der Waals surface area contributed by atoms with E-state index in [1.807, 2.05) is 35.3 Å². The maximum atomic E-state index is 13.4. The van der Waals surface area contributed by atoms with Gasteiger partial charge in [0.1, 0.15) is 6.10 Å². The van der Waals surface area contributed by atoms with Crippen molar-refractivity contribution >= 4 is 5.91 Å². The fourth-order valence-corrected chi connectivity index (χ4v) is 5.08. The molecule has 202 valence electrons. The van der Waals surface area contributed by atoms with Crippen LogP contribution in [-0.2, 0) is 27.3 Å². The molecule has 1 atom stereocenters. The normalized spacial score (nSPS) is 19.9. The molecule has 2 aliphatic rings. The van der Waals surface area contributed by atoms with Gasteiger partial charge in [-0.3, -0.25) is 9.80 Å². The first-order valence-electron chi connectivity index (χ1n) is 12.1. The lowest BCUT2D eigenvalue weighted by molar-refractivity contribution is -0.147. The maximum absolute atomic E-state index is 13.4. The highest BCUT2D eigenvalue weighted by Gasteiger charge is 2.41. The van der Waals surface area contributed by atoms with E-state index in [4.69, 9.17) is 4.74 Å². The third-order valence-electron chi connectivity index (χ3n) is 7.18. The van der Waals surface area contributed by atoms with Crippen LogP contribution in [0.3, 0.4) is 0 Å². The van der Waals surface area contributed by atoms with Gasteiger partial charge in [-0.1, -0.05) is 30.3 Å². The molecule has 2 fully saturated rings. The highest BCUT2D eigenvalue weighted by molar-refractivity contribution is 5.77. The molecule has 0 unspecified atom stereocenters. The Kier molecular flexibility index (Phi) is 7.87. The van der Waals surface area contributed by atoms with E-state index in [1.165, 1.54) is 0 Å². The van der Waals surface area contributed by atoms with Gasteiger partial charge in [0, 0.05) is 31.5 Å². The molecular formula is C26H28F6N2O3. The van der Waals surface area contributed by atoms with Crippen LogP contribution in [0, 0.1) is 0 Å². The Morgan fingerprint density at radius 1 is 0.919 bits per heavy atom. The van der Waals surface area contributed by atoms with E-state index >= 15 is 0 Å². The number of piperidine rings is 1. The van der Waals surface area contributed by atoms with Crippen LogP contribution in [-0.4, -0.2) is 53.9 Å². The van der Waals surface area contributed by atoms with Crippen LogP contribution in [0.15, 0.2) is 48.5 Å². The summed E-state index contributed by atoms with van der Waals surface area (Å²) in [6.07, 6.45) is -9.00.